The van der Waals surface area contributed by atoms with E-state index in [2.05, 4.69) is 72.8 Å². The van der Waals surface area contributed by atoms with Crippen molar-refractivity contribution in [2.45, 2.75) is 126 Å². The molecule has 10 nitrogen and oxygen atoms in total. The number of carbonyl (C=O) groups is 2. The number of fused-ring (bicyclic) bond motifs is 11. The van der Waals surface area contributed by atoms with Gasteiger partial charge in [-0.05, 0) is 141 Å². The number of methoxy groups -OCH3 is 1. The van der Waals surface area contributed by atoms with E-state index in [-0.39, 0.29) is 55.5 Å². The number of carbonyl (C=O) groups excluding carboxylic acids is 2. The van der Waals surface area contributed by atoms with E-state index in [0.717, 1.165) is 56.9 Å². The molecule has 0 amide bonds. The molecular weight excluding hydrogens is 845 g/mol. The van der Waals surface area contributed by atoms with Crippen LogP contribution in [-0.2, 0) is 36.6 Å². The first-order valence-electron chi connectivity index (χ1n) is 24.4. The van der Waals surface area contributed by atoms with Crippen molar-refractivity contribution in [3.8, 4) is 5.75 Å². The number of hydrogen-bond donors (Lipinski definition) is 2. The zero-order valence-corrected chi connectivity index (χ0v) is 39.0. The average molecular weight is 909 g/mol. The highest BCUT2D eigenvalue weighted by Crippen LogP contribution is 2.53. The first kappa shape index (κ1) is 46.6. The zero-order chi connectivity index (χ0) is 46.7. The summed E-state index contributed by atoms with van der Waals surface area (Å²) >= 11 is 0. The van der Waals surface area contributed by atoms with Crippen molar-refractivity contribution >= 4 is 22.9 Å². The van der Waals surface area contributed by atoms with Crippen LogP contribution in [0, 0.1) is 11.8 Å². The lowest BCUT2D eigenvalue weighted by Gasteiger charge is -2.48. The number of aryl methyl sites for hydroxylation is 1. The molecule has 5 aliphatic rings. The Kier molecular flexibility index (Phi) is 14.1. The molecule has 2 fully saturated rings. The molecule has 2 N–H and O–H groups in total. The van der Waals surface area contributed by atoms with Gasteiger partial charge in [0.1, 0.15) is 16.9 Å². The van der Waals surface area contributed by atoms with Gasteiger partial charge in [-0.25, -0.2) is 9.59 Å². The quantitative estimate of drug-likeness (QED) is 0.0790. The fourth-order valence-corrected chi connectivity index (χ4v) is 11.8. The summed E-state index contributed by atoms with van der Waals surface area (Å²) in [6, 6.07) is 33.4. The molecule has 67 heavy (non-hydrogen) atoms. The maximum absolute atomic E-state index is 15.1. The Morgan fingerprint density at radius 1 is 0.836 bits per heavy atom. The standard InChI is InChI=1S/C57H64O10/c1-35(33-59)46-23-18-36-16-19-39(20-17-36)47-24-21-41(40-13-9-12-38(29-40)28-37-10-5-4-6-11-37)30-44(47)32-50(60)64-53-51-49(67-57(2,45-14-7-8-15-45)54(53)66-55(46)61)25-22-42-31-48(56(62)65-52(42)51)43(26-27-58)34-63-3/h4-6,9-13,16-17,19-20,22,25,29,31,41,43-45,47,53-54,58-59H,7-8,14-15,18,21,23-24,26-28,30,32-34H2,1-3H3/b46-35-/t41-,43-,44+,47-,53-,54+,57+/m1/s1. The molecule has 2 bridgehead atoms. The first-order valence-corrected chi connectivity index (χ1v) is 24.4. The number of aliphatic hydroxyl groups excluding tert-OH is 2. The van der Waals surface area contributed by atoms with Gasteiger partial charge in [-0.15, -0.1) is 0 Å². The van der Waals surface area contributed by atoms with E-state index >= 15 is 4.79 Å². The van der Waals surface area contributed by atoms with E-state index in [0.29, 0.717) is 52.7 Å². The first-order chi connectivity index (χ1) is 32.6. The monoisotopic (exact) mass is 908 g/mol. The number of esters is 2. The third-order valence-corrected chi connectivity index (χ3v) is 15.5. The van der Waals surface area contributed by atoms with Gasteiger partial charge in [0.2, 0.25) is 0 Å². The molecule has 0 saturated heterocycles. The molecule has 0 radical (unpaired) electrons. The fourth-order valence-electron chi connectivity index (χ4n) is 11.8. The topological polar surface area (TPSA) is 142 Å². The summed E-state index contributed by atoms with van der Waals surface area (Å²) in [6.07, 6.45) is 6.04. The third kappa shape index (κ3) is 9.76. The van der Waals surface area contributed by atoms with Gasteiger partial charge in [0.05, 0.1) is 18.8 Å². The molecule has 2 aliphatic carbocycles. The maximum atomic E-state index is 15.1. The minimum absolute atomic E-state index is 0.0471. The molecule has 10 rings (SSSR count). The predicted octanol–water partition coefficient (Wildman–Crippen LogP) is 10.3. The highest BCUT2D eigenvalue weighted by Gasteiger charge is 2.57. The lowest BCUT2D eigenvalue weighted by atomic mass is 9.68. The van der Waals surface area contributed by atoms with Crippen molar-refractivity contribution in [2.24, 2.45) is 11.8 Å². The van der Waals surface area contributed by atoms with Crippen LogP contribution in [0.15, 0.2) is 117 Å². The largest absolute Gasteiger partial charge is 0.483 e. The van der Waals surface area contributed by atoms with E-state index in [1.54, 1.807) is 20.1 Å². The minimum atomic E-state index is -1.20. The molecule has 4 heterocycles. The van der Waals surface area contributed by atoms with Gasteiger partial charge in [-0.2, -0.15) is 0 Å². The van der Waals surface area contributed by atoms with Crippen LogP contribution in [0.2, 0.25) is 0 Å². The van der Waals surface area contributed by atoms with Gasteiger partial charge in [-0.3, -0.25) is 4.79 Å². The maximum Gasteiger partial charge on any atom is 0.339 e. The highest BCUT2D eigenvalue weighted by molar-refractivity contribution is 5.90. The Morgan fingerprint density at radius 2 is 1.61 bits per heavy atom. The van der Waals surface area contributed by atoms with Crippen LogP contribution in [0.1, 0.15) is 141 Å². The number of hydrogen-bond acceptors (Lipinski definition) is 10. The molecule has 3 aliphatic heterocycles. The normalized spacial score (nSPS) is 25.9. The van der Waals surface area contributed by atoms with Crippen LogP contribution >= 0.6 is 0 Å². The predicted molar refractivity (Wildman–Crippen MR) is 256 cm³/mol. The Balaban J connectivity index is 1.15. The average Bonchev–Trinajstić information content (AvgIpc) is 3.89. The van der Waals surface area contributed by atoms with Gasteiger partial charge in [-0.1, -0.05) is 91.7 Å². The van der Waals surface area contributed by atoms with E-state index in [1.165, 1.54) is 22.3 Å². The van der Waals surface area contributed by atoms with Crippen molar-refractivity contribution in [2.75, 3.05) is 26.9 Å². The summed E-state index contributed by atoms with van der Waals surface area (Å²) in [7, 11) is 1.55. The SMILES string of the molecule is COC[C@@H](CCO)c1cc2ccc3c(c2oc1=O)[C@H]1OC(=O)C[C@@H]2C[C@H](c4cccc(Cc5ccccc5)c4)CC[C@@H]2c2ccc(cc2)CC/C(=C(\C)CO)C(=O)O[C@@H]1[C@](C)(C1CCCC1)O3. The van der Waals surface area contributed by atoms with Gasteiger partial charge in [0.15, 0.2) is 12.2 Å². The lowest BCUT2D eigenvalue weighted by Crippen LogP contribution is -2.58. The van der Waals surface area contributed by atoms with Crippen molar-refractivity contribution in [3.63, 3.8) is 0 Å². The molecule has 4 aromatic carbocycles. The molecule has 1 aromatic heterocycles. The molecule has 0 unspecified atom stereocenters. The second-order valence-electron chi connectivity index (χ2n) is 19.7. The number of rotatable bonds is 10. The van der Waals surface area contributed by atoms with Crippen molar-refractivity contribution in [1.29, 1.82) is 0 Å². The van der Waals surface area contributed by atoms with Crippen LogP contribution in [0.5, 0.6) is 5.75 Å². The number of benzene rings is 4. The Bertz CT molecular complexity index is 2640. The summed E-state index contributed by atoms with van der Waals surface area (Å²) < 4.78 is 32.3. The Hall–Kier alpha value is -5.55. The van der Waals surface area contributed by atoms with Gasteiger partial charge >= 0.3 is 17.6 Å². The summed E-state index contributed by atoms with van der Waals surface area (Å²) in [5.74, 6) is -0.855. The summed E-state index contributed by atoms with van der Waals surface area (Å²) in [6.45, 7) is 3.42. The summed E-state index contributed by atoms with van der Waals surface area (Å²) in [4.78, 5) is 43.9. The van der Waals surface area contributed by atoms with Gasteiger partial charge in [0, 0.05) is 48.5 Å². The van der Waals surface area contributed by atoms with E-state index in [1.807, 2.05) is 25.1 Å². The number of ether oxygens (including phenoxy) is 4. The van der Waals surface area contributed by atoms with Crippen molar-refractivity contribution in [3.05, 3.63) is 158 Å². The highest BCUT2D eigenvalue weighted by atomic mass is 16.6. The minimum Gasteiger partial charge on any atom is -0.483 e. The van der Waals surface area contributed by atoms with Crippen molar-refractivity contribution in [1.82, 2.24) is 0 Å². The molecule has 5 aromatic rings. The van der Waals surface area contributed by atoms with Crippen LogP contribution in [0.3, 0.4) is 0 Å². The lowest BCUT2D eigenvalue weighted by molar-refractivity contribution is -0.199. The van der Waals surface area contributed by atoms with Crippen LogP contribution in [0.25, 0.3) is 11.0 Å². The third-order valence-electron chi connectivity index (χ3n) is 15.5. The molecule has 2 saturated carbocycles. The smallest absolute Gasteiger partial charge is 0.339 e. The summed E-state index contributed by atoms with van der Waals surface area (Å²) in [5, 5.41) is 20.9. The van der Waals surface area contributed by atoms with Gasteiger partial charge in [0.25, 0.3) is 0 Å². The molecule has 352 valence electrons. The van der Waals surface area contributed by atoms with Gasteiger partial charge < -0.3 is 33.6 Å². The van der Waals surface area contributed by atoms with Crippen molar-refractivity contribution < 1.29 is 43.2 Å². The molecule has 10 heteroatoms. The van der Waals surface area contributed by atoms with Crippen LogP contribution in [-0.4, -0.2) is 60.8 Å². The number of aliphatic hydroxyl groups is 2. The Morgan fingerprint density at radius 3 is 2.36 bits per heavy atom. The second kappa shape index (κ2) is 20.4. The van der Waals surface area contributed by atoms with E-state index < -0.39 is 41.3 Å². The van der Waals surface area contributed by atoms with Crippen LogP contribution < -0.4 is 10.4 Å². The van der Waals surface area contributed by atoms with E-state index in [9.17, 15) is 19.8 Å². The molecular formula is C57H64O10. The second-order valence-corrected chi connectivity index (χ2v) is 19.7. The fraction of sp³-hybridized carbons (Fsp3) is 0.456. The molecule has 0 spiro atoms. The Labute approximate surface area is 393 Å². The summed E-state index contributed by atoms with van der Waals surface area (Å²) in [5.41, 5.74) is 6.01. The molecule has 7 atom stereocenters. The van der Waals surface area contributed by atoms with E-state index in [4.69, 9.17) is 23.4 Å². The zero-order valence-electron chi connectivity index (χ0n) is 39.0. The van der Waals surface area contributed by atoms with Crippen LogP contribution in [0.4, 0.5) is 0 Å².